The lowest BCUT2D eigenvalue weighted by molar-refractivity contribution is -0.122. The van der Waals surface area contributed by atoms with Gasteiger partial charge < -0.3 is 4.74 Å². The summed E-state index contributed by atoms with van der Waals surface area (Å²) in [5.41, 5.74) is 0.392. The molecule has 2 aromatic carbocycles. The standard InChI is InChI=1S/C19H18N4O4S3/c1-2-28-19-22-21-18(29-19)20-17(24)16-12-23(14-10-6-7-11-15(14)27-16)30(25,26)13-8-4-3-5-9-13/h3-11,16H,2,12H2,1H3,(H,20,21,24)/t16-/m1/s1. The molecular formula is C19H18N4O4S3. The van der Waals surface area contributed by atoms with Gasteiger partial charge in [0.15, 0.2) is 10.4 Å². The Kier molecular flexibility index (Phi) is 5.93. The van der Waals surface area contributed by atoms with E-state index in [1.807, 2.05) is 6.92 Å². The number of benzene rings is 2. The summed E-state index contributed by atoms with van der Waals surface area (Å²) in [6, 6.07) is 14.9. The largest absolute Gasteiger partial charge is 0.476 e. The number of hydrogen-bond donors (Lipinski definition) is 1. The van der Waals surface area contributed by atoms with Crippen molar-refractivity contribution in [2.45, 2.75) is 22.3 Å². The van der Waals surface area contributed by atoms with E-state index in [1.54, 1.807) is 42.5 Å². The summed E-state index contributed by atoms with van der Waals surface area (Å²) in [7, 11) is -3.87. The van der Waals surface area contributed by atoms with Crippen LogP contribution in [0.1, 0.15) is 6.92 Å². The van der Waals surface area contributed by atoms with Gasteiger partial charge in [0, 0.05) is 0 Å². The van der Waals surface area contributed by atoms with Crippen molar-refractivity contribution in [3.63, 3.8) is 0 Å². The van der Waals surface area contributed by atoms with Crippen LogP contribution in [-0.4, -0.2) is 42.9 Å². The molecule has 0 spiro atoms. The van der Waals surface area contributed by atoms with Crippen molar-refractivity contribution in [1.29, 1.82) is 0 Å². The second-order valence-electron chi connectivity index (χ2n) is 6.22. The maximum Gasteiger partial charge on any atom is 0.269 e. The first-order valence-electron chi connectivity index (χ1n) is 9.09. The summed E-state index contributed by atoms with van der Waals surface area (Å²) in [6.07, 6.45) is -1.04. The number of aromatic nitrogens is 2. The zero-order valence-corrected chi connectivity index (χ0v) is 18.3. The molecule has 0 bridgehead atoms. The second-order valence-corrected chi connectivity index (χ2v) is 10.6. The number of fused-ring (bicyclic) bond motifs is 1. The number of anilines is 2. The van der Waals surface area contributed by atoms with Crippen LogP contribution in [0.2, 0.25) is 0 Å². The minimum Gasteiger partial charge on any atom is -0.476 e. The van der Waals surface area contributed by atoms with Crippen LogP contribution < -0.4 is 14.4 Å². The first-order valence-corrected chi connectivity index (χ1v) is 12.3. The summed E-state index contributed by atoms with van der Waals surface area (Å²) < 4.78 is 34.3. The van der Waals surface area contributed by atoms with Crippen molar-refractivity contribution < 1.29 is 17.9 Å². The van der Waals surface area contributed by atoms with Gasteiger partial charge in [0.1, 0.15) is 5.75 Å². The topological polar surface area (TPSA) is 101 Å². The lowest BCUT2D eigenvalue weighted by atomic mass is 10.2. The summed E-state index contributed by atoms with van der Waals surface area (Å²) in [6.45, 7) is 1.84. The van der Waals surface area contributed by atoms with Gasteiger partial charge in [-0.1, -0.05) is 60.4 Å². The molecule has 2 heterocycles. The molecule has 1 N–H and O–H groups in total. The van der Waals surface area contributed by atoms with E-state index in [1.165, 1.54) is 39.5 Å². The average Bonchev–Trinajstić information content (AvgIpc) is 3.20. The highest BCUT2D eigenvalue weighted by Gasteiger charge is 2.37. The Balaban J connectivity index is 1.61. The number of carbonyl (C=O) groups excluding carboxylic acids is 1. The third-order valence-electron chi connectivity index (χ3n) is 4.26. The minimum absolute atomic E-state index is 0.145. The molecule has 1 aliphatic rings. The molecule has 30 heavy (non-hydrogen) atoms. The number of nitrogens with zero attached hydrogens (tertiary/aromatic N) is 3. The molecule has 1 amide bonds. The molecule has 1 aromatic heterocycles. The van der Waals surface area contributed by atoms with Crippen molar-refractivity contribution in [1.82, 2.24) is 10.2 Å². The van der Waals surface area contributed by atoms with Crippen LogP contribution in [0.15, 0.2) is 63.8 Å². The Morgan fingerprint density at radius 3 is 2.70 bits per heavy atom. The maximum atomic E-state index is 13.3. The molecule has 0 radical (unpaired) electrons. The van der Waals surface area contributed by atoms with E-state index in [0.29, 0.717) is 16.6 Å². The van der Waals surface area contributed by atoms with E-state index in [0.717, 1.165) is 10.1 Å². The van der Waals surface area contributed by atoms with Gasteiger partial charge >= 0.3 is 0 Å². The van der Waals surface area contributed by atoms with Crippen LogP contribution in [0.25, 0.3) is 0 Å². The fourth-order valence-corrected chi connectivity index (χ4v) is 6.06. The van der Waals surface area contributed by atoms with E-state index in [2.05, 4.69) is 15.5 Å². The number of para-hydroxylation sites is 2. The number of rotatable bonds is 6. The highest BCUT2D eigenvalue weighted by atomic mass is 32.2. The number of carbonyl (C=O) groups is 1. The van der Waals surface area contributed by atoms with Gasteiger partial charge in [-0.05, 0) is 30.0 Å². The molecule has 0 unspecified atom stereocenters. The van der Waals surface area contributed by atoms with Crippen molar-refractivity contribution in [2.75, 3.05) is 21.9 Å². The highest BCUT2D eigenvalue weighted by Crippen LogP contribution is 2.37. The predicted molar refractivity (Wildman–Crippen MR) is 117 cm³/mol. The highest BCUT2D eigenvalue weighted by molar-refractivity contribution is 8.01. The smallest absolute Gasteiger partial charge is 0.269 e. The van der Waals surface area contributed by atoms with Crippen LogP contribution in [-0.2, 0) is 14.8 Å². The molecular weight excluding hydrogens is 444 g/mol. The van der Waals surface area contributed by atoms with Gasteiger partial charge in [-0.2, -0.15) is 0 Å². The first-order chi connectivity index (χ1) is 14.5. The maximum absolute atomic E-state index is 13.3. The summed E-state index contributed by atoms with van der Waals surface area (Å²) in [5, 5.41) is 11.0. The van der Waals surface area contributed by atoms with Gasteiger partial charge in [-0.25, -0.2) is 8.42 Å². The van der Waals surface area contributed by atoms with E-state index in [9.17, 15) is 13.2 Å². The molecule has 0 aliphatic carbocycles. The van der Waals surface area contributed by atoms with E-state index in [4.69, 9.17) is 4.74 Å². The van der Waals surface area contributed by atoms with Gasteiger partial charge in [-0.15, -0.1) is 10.2 Å². The summed E-state index contributed by atoms with van der Waals surface area (Å²) in [4.78, 5) is 13.0. The Morgan fingerprint density at radius 2 is 1.93 bits per heavy atom. The minimum atomic E-state index is -3.87. The van der Waals surface area contributed by atoms with Crippen molar-refractivity contribution >= 4 is 49.8 Å². The Labute approximate surface area is 182 Å². The SMILES string of the molecule is CCSc1nnc(NC(=O)[C@H]2CN(S(=O)(=O)c3ccccc3)c3ccccc3O2)s1. The summed E-state index contributed by atoms with van der Waals surface area (Å²) in [5.74, 6) is 0.682. The quantitative estimate of drug-likeness (QED) is 0.443. The van der Waals surface area contributed by atoms with Gasteiger partial charge in [0.2, 0.25) is 5.13 Å². The zero-order chi connectivity index (χ0) is 21.1. The number of hydrogen-bond acceptors (Lipinski definition) is 8. The number of nitrogens with one attached hydrogen (secondary N) is 1. The molecule has 156 valence electrons. The van der Waals surface area contributed by atoms with Gasteiger partial charge in [-0.3, -0.25) is 14.4 Å². The second kappa shape index (κ2) is 8.62. The number of ether oxygens (including phenoxy) is 1. The lowest BCUT2D eigenvalue weighted by Crippen LogP contribution is -2.48. The Morgan fingerprint density at radius 1 is 1.20 bits per heavy atom. The molecule has 8 nitrogen and oxygen atoms in total. The normalized spacial score (nSPS) is 15.9. The van der Waals surface area contributed by atoms with E-state index >= 15 is 0 Å². The van der Waals surface area contributed by atoms with Crippen molar-refractivity contribution in [3.8, 4) is 5.75 Å². The third-order valence-corrected chi connectivity index (χ3v) is 7.91. The van der Waals surface area contributed by atoms with Crippen molar-refractivity contribution in [3.05, 3.63) is 54.6 Å². The Hall–Kier alpha value is -2.63. The molecule has 3 aromatic rings. The summed E-state index contributed by atoms with van der Waals surface area (Å²) >= 11 is 2.79. The van der Waals surface area contributed by atoms with E-state index < -0.39 is 22.0 Å². The predicted octanol–water partition coefficient (Wildman–Crippen LogP) is 3.25. The van der Waals surface area contributed by atoms with Crippen LogP contribution in [0.5, 0.6) is 5.75 Å². The monoisotopic (exact) mass is 462 g/mol. The molecule has 1 atom stereocenters. The van der Waals surface area contributed by atoms with Crippen LogP contribution in [0, 0.1) is 0 Å². The van der Waals surface area contributed by atoms with Crippen molar-refractivity contribution in [2.24, 2.45) is 0 Å². The number of thioether (sulfide) groups is 1. The fraction of sp³-hybridized carbons (Fsp3) is 0.211. The molecule has 0 saturated carbocycles. The van der Waals surface area contributed by atoms with Crippen LogP contribution >= 0.6 is 23.1 Å². The molecule has 11 heteroatoms. The van der Waals surface area contributed by atoms with Crippen LogP contribution in [0.4, 0.5) is 10.8 Å². The van der Waals surface area contributed by atoms with Gasteiger partial charge in [0.25, 0.3) is 15.9 Å². The Bertz CT molecular complexity index is 1150. The molecule has 0 fully saturated rings. The lowest BCUT2D eigenvalue weighted by Gasteiger charge is -2.34. The number of amides is 1. The van der Waals surface area contributed by atoms with Gasteiger partial charge in [0.05, 0.1) is 17.1 Å². The first kappa shape index (κ1) is 20.6. The van der Waals surface area contributed by atoms with Crippen LogP contribution in [0.3, 0.4) is 0 Å². The third kappa shape index (κ3) is 4.13. The number of sulfonamides is 1. The molecule has 1 aliphatic heterocycles. The molecule has 0 saturated heterocycles. The average molecular weight is 463 g/mol. The zero-order valence-electron chi connectivity index (χ0n) is 15.9. The molecule has 4 rings (SSSR count). The van der Waals surface area contributed by atoms with E-state index in [-0.39, 0.29) is 11.4 Å². The fourth-order valence-electron chi connectivity index (χ4n) is 2.91.